The molecule has 0 aromatic heterocycles. The van der Waals surface area contributed by atoms with Crippen molar-refractivity contribution < 1.29 is 19.1 Å². The largest absolute Gasteiger partial charge is 0.456 e. The lowest BCUT2D eigenvalue weighted by Gasteiger charge is -2.29. The zero-order chi connectivity index (χ0) is 18.5. The maximum atomic E-state index is 12.1. The molecule has 1 saturated carbocycles. The minimum Gasteiger partial charge on any atom is -0.456 e. The Morgan fingerprint density at radius 3 is 2.85 bits per heavy atom. The van der Waals surface area contributed by atoms with Crippen LogP contribution in [-0.4, -0.2) is 35.7 Å². The number of amides is 2. The normalized spacial score (nSPS) is 25.0. The molecule has 26 heavy (non-hydrogen) atoms. The van der Waals surface area contributed by atoms with E-state index in [0.29, 0.717) is 5.92 Å². The third-order valence-corrected chi connectivity index (χ3v) is 6.16. The molecule has 0 spiro atoms. The zero-order valence-corrected chi connectivity index (χ0v) is 15.6. The molecule has 1 aromatic carbocycles. The molecular weight excluding hydrogens is 352 g/mol. The predicted octanol–water partition coefficient (Wildman–Crippen LogP) is 2.73. The lowest BCUT2D eigenvalue weighted by Crippen LogP contribution is -2.43. The number of anilines is 1. The van der Waals surface area contributed by atoms with E-state index in [2.05, 4.69) is 17.6 Å². The number of carbonyl (C=O) groups is 3. The van der Waals surface area contributed by atoms with E-state index in [1.807, 2.05) is 24.3 Å². The van der Waals surface area contributed by atoms with Gasteiger partial charge < -0.3 is 15.4 Å². The fourth-order valence-electron chi connectivity index (χ4n) is 3.36. The van der Waals surface area contributed by atoms with E-state index < -0.39 is 11.2 Å². The van der Waals surface area contributed by atoms with Gasteiger partial charge >= 0.3 is 5.97 Å². The number of fused-ring (bicyclic) bond motifs is 1. The summed E-state index contributed by atoms with van der Waals surface area (Å²) in [6.07, 6.45) is 4.34. The molecule has 7 heteroatoms. The topological polar surface area (TPSA) is 84.5 Å². The fraction of sp³-hybridized carbons (Fsp3) is 0.526. The highest BCUT2D eigenvalue weighted by Crippen LogP contribution is 2.36. The Morgan fingerprint density at radius 1 is 1.27 bits per heavy atom. The van der Waals surface area contributed by atoms with Crippen molar-refractivity contribution in [1.29, 1.82) is 0 Å². The molecular formula is C19H24N2O4S. The summed E-state index contributed by atoms with van der Waals surface area (Å²) in [5.74, 6) is -0.580. The van der Waals surface area contributed by atoms with Crippen LogP contribution in [0.3, 0.4) is 0 Å². The minimum absolute atomic E-state index is 0.0576. The van der Waals surface area contributed by atoms with E-state index >= 15 is 0 Å². The Morgan fingerprint density at radius 2 is 2.04 bits per heavy atom. The molecule has 0 radical (unpaired) electrons. The SMILES string of the molecule is CC1CCCCC1NC(=O)COC(=O)CC1Sc2ccccc2NC1=O. The highest BCUT2D eigenvalue weighted by Gasteiger charge is 2.30. The van der Waals surface area contributed by atoms with Crippen LogP contribution in [0, 0.1) is 5.92 Å². The van der Waals surface area contributed by atoms with Crippen LogP contribution in [0.4, 0.5) is 5.69 Å². The molecule has 140 valence electrons. The number of rotatable bonds is 5. The van der Waals surface area contributed by atoms with Gasteiger partial charge in [-0.25, -0.2) is 0 Å². The second-order valence-electron chi connectivity index (χ2n) is 6.89. The van der Waals surface area contributed by atoms with Gasteiger partial charge in [0, 0.05) is 10.9 Å². The molecule has 3 rings (SSSR count). The minimum atomic E-state index is -0.543. The van der Waals surface area contributed by atoms with Crippen molar-refractivity contribution in [3.05, 3.63) is 24.3 Å². The average molecular weight is 376 g/mol. The van der Waals surface area contributed by atoms with Gasteiger partial charge in [0.2, 0.25) is 5.91 Å². The van der Waals surface area contributed by atoms with Crippen molar-refractivity contribution in [3.8, 4) is 0 Å². The van der Waals surface area contributed by atoms with Gasteiger partial charge in [0.05, 0.1) is 17.4 Å². The number of carbonyl (C=O) groups excluding carboxylic acids is 3. The van der Waals surface area contributed by atoms with Gasteiger partial charge in [0.1, 0.15) is 0 Å². The molecule has 2 N–H and O–H groups in total. The summed E-state index contributed by atoms with van der Waals surface area (Å²) < 4.78 is 5.08. The molecule has 1 fully saturated rings. The Hall–Kier alpha value is -2.02. The molecule has 2 amide bonds. The molecule has 1 aromatic rings. The quantitative estimate of drug-likeness (QED) is 0.772. The first-order valence-corrected chi connectivity index (χ1v) is 9.92. The molecule has 2 aliphatic rings. The Labute approximate surface area is 157 Å². The number of thioether (sulfide) groups is 1. The third-order valence-electron chi connectivity index (χ3n) is 4.88. The van der Waals surface area contributed by atoms with Crippen molar-refractivity contribution in [1.82, 2.24) is 5.32 Å². The van der Waals surface area contributed by atoms with Gasteiger partial charge in [-0.3, -0.25) is 14.4 Å². The first-order chi connectivity index (χ1) is 12.5. The summed E-state index contributed by atoms with van der Waals surface area (Å²) in [7, 11) is 0. The van der Waals surface area contributed by atoms with E-state index in [4.69, 9.17) is 4.74 Å². The fourth-order valence-corrected chi connectivity index (χ4v) is 4.46. The molecule has 6 nitrogen and oxygen atoms in total. The smallest absolute Gasteiger partial charge is 0.307 e. The van der Waals surface area contributed by atoms with E-state index in [1.54, 1.807) is 0 Å². The molecule has 3 unspecified atom stereocenters. The maximum absolute atomic E-state index is 12.1. The maximum Gasteiger partial charge on any atom is 0.307 e. The van der Waals surface area contributed by atoms with E-state index in [0.717, 1.165) is 29.8 Å². The summed E-state index contributed by atoms with van der Waals surface area (Å²) in [5, 5.41) is 5.20. The van der Waals surface area contributed by atoms with Crippen molar-refractivity contribution >= 4 is 35.2 Å². The van der Waals surface area contributed by atoms with Crippen LogP contribution < -0.4 is 10.6 Å². The van der Waals surface area contributed by atoms with Gasteiger partial charge in [-0.1, -0.05) is 31.9 Å². The third kappa shape index (κ3) is 4.78. The van der Waals surface area contributed by atoms with Crippen LogP contribution in [0.2, 0.25) is 0 Å². The summed E-state index contributed by atoms with van der Waals surface area (Å²) in [4.78, 5) is 37.1. The molecule has 1 heterocycles. The molecule has 1 aliphatic carbocycles. The van der Waals surface area contributed by atoms with Crippen LogP contribution in [0.25, 0.3) is 0 Å². The van der Waals surface area contributed by atoms with Crippen LogP contribution in [0.1, 0.15) is 39.0 Å². The summed E-state index contributed by atoms with van der Waals surface area (Å²) in [6.45, 7) is 1.84. The van der Waals surface area contributed by atoms with Gasteiger partial charge in [-0.05, 0) is 30.9 Å². The van der Waals surface area contributed by atoms with Crippen LogP contribution in [0.15, 0.2) is 29.2 Å². The summed E-state index contributed by atoms with van der Waals surface area (Å²) in [6, 6.07) is 7.61. The second-order valence-corrected chi connectivity index (χ2v) is 8.14. The molecule has 3 atom stereocenters. The van der Waals surface area contributed by atoms with Crippen molar-refractivity contribution in [2.75, 3.05) is 11.9 Å². The van der Waals surface area contributed by atoms with E-state index in [9.17, 15) is 14.4 Å². The van der Waals surface area contributed by atoms with Crippen molar-refractivity contribution in [3.63, 3.8) is 0 Å². The van der Waals surface area contributed by atoms with Crippen LogP contribution in [-0.2, 0) is 19.1 Å². The first-order valence-electron chi connectivity index (χ1n) is 9.04. The lowest BCUT2D eigenvalue weighted by atomic mass is 9.86. The monoisotopic (exact) mass is 376 g/mol. The van der Waals surface area contributed by atoms with Crippen LogP contribution >= 0.6 is 11.8 Å². The Balaban J connectivity index is 1.44. The first kappa shape index (κ1) is 18.8. The van der Waals surface area contributed by atoms with Crippen molar-refractivity contribution in [2.24, 2.45) is 5.92 Å². The highest BCUT2D eigenvalue weighted by atomic mass is 32.2. The summed E-state index contributed by atoms with van der Waals surface area (Å²) >= 11 is 1.34. The summed E-state index contributed by atoms with van der Waals surface area (Å²) in [5.41, 5.74) is 0.757. The van der Waals surface area contributed by atoms with Gasteiger partial charge in [0.15, 0.2) is 6.61 Å². The highest BCUT2D eigenvalue weighted by molar-refractivity contribution is 8.01. The number of nitrogens with one attached hydrogen (secondary N) is 2. The van der Waals surface area contributed by atoms with Crippen molar-refractivity contribution in [2.45, 2.75) is 55.2 Å². The second kappa shape index (κ2) is 8.58. The number of hydrogen-bond donors (Lipinski definition) is 2. The predicted molar refractivity (Wildman–Crippen MR) is 99.9 cm³/mol. The number of esters is 1. The Bertz CT molecular complexity index is 694. The molecule has 0 saturated heterocycles. The Kier molecular flexibility index (Phi) is 6.19. The van der Waals surface area contributed by atoms with Gasteiger partial charge in [-0.15, -0.1) is 11.8 Å². The average Bonchev–Trinajstić information content (AvgIpc) is 2.62. The standard InChI is InChI=1S/C19H24N2O4S/c1-12-6-2-3-7-13(12)20-17(22)11-25-18(23)10-16-19(24)21-14-8-4-5-9-15(14)26-16/h4-5,8-9,12-13,16H,2-3,6-7,10-11H2,1H3,(H,20,22)(H,21,24). The molecule has 1 aliphatic heterocycles. The number of benzene rings is 1. The van der Waals surface area contributed by atoms with Gasteiger partial charge in [-0.2, -0.15) is 0 Å². The van der Waals surface area contributed by atoms with Gasteiger partial charge in [0.25, 0.3) is 5.91 Å². The van der Waals surface area contributed by atoms with E-state index in [1.165, 1.54) is 18.2 Å². The number of hydrogen-bond acceptors (Lipinski definition) is 5. The lowest BCUT2D eigenvalue weighted by molar-refractivity contribution is -0.149. The zero-order valence-electron chi connectivity index (χ0n) is 14.8. The van der Waals surface area contributed by atoms with E-state index in [-0.39, 0.29) is 30.9 Å². The molecule has 0 bridgehead atoms. The number of para-hydroxylation sites is 1. The van der Waals surface area contributed by atoms with Crippen LogP contribution in [0.5, 0.6) is 0 Å². The number of ether oxygens (including phenoxy) is 1.